The van der Waals surface area contributed by atoms with Crippen molar-refractivity contribution in [2.45, 2.75) is 0 Å². The number of amides is 1. The van der Waals surface area contributed by atoms with Gasteiger partial charge in [-0.3, -0.25) is 9.59 Å². The highest BCUT2D eigenvalue weighted by Crippen LogP contribution is 2.20. The number of hydrogen-bond donors (Lipinski definition) is 1. The van der Waals surface area contributed by atoms with E-state index in [2.05, 4.69) is 5.32 Å². The van der Waals surface area contributed by atoms with Crippen molar-refractivity contribution in [1.29, 1.82) is 0 Å². The van der Waals surface area contributed by atoms with Crippen molar-refractivity contribution in [1.82, 2.24) is 0 Å². The van der Waals surface area contributed by atoms with Crippen LogP contribution >= 0.6 is 11.6 Å². The Balaban J connectivity index is 1.31. The Kier molecular flexibility index (Phi) is 7.16. The third kappa shape index (κ3) is 5.77. The first-order valence-electron chi connectivity index (χ1n) is 10.5. The molecule has 0 heterocycles. The van der Waals surface area contributed by atoms with E-state index in [0.29, 0.717) is 21.8 Å². The highest BCUT2D eigenvalue weighted by atomic mass is 35.5. The summed E-state index contributed by atoms with van der Waals surface area (Å²) in [6.07, 6.45) is 0. The lowest BCUT2D eigenvalue weighted by Gasteiger charge is -2.08. The lowest BCUT2D eigenvalue weighted by Crippen LogP contribution is -2.15. The number of esters is 1. The summed E-state index contributed by atoms with van der Waals surface area (Å²) >= 11 is 5.84. The molecule has 0 radical (unpaired) electrons. The van der Waals surface area contributed by atoms with Crippen LogP contribution < -0.4 is 5.32 Å². The van der Waals surface area contributed by atoms with E-state index in [9.17, 15) is 14.4 Å². The number of rotatable bonds is 7. The van der Waals surface area contributed by atoms with Crippen molar-refractivity contribution >= 4 is 34.9 Å². The third-order valence-corrected chi connectivity index (χ3v) is 5.39. The van der Waals surface area contributed by atoms with E-state index in [1.807, 2.05) is 42.5 Å². The molecule has 0 aliphatic rings. The fourth-order valence-electron chi connectivity index (χ4n) is 3.27. The number of carbonyl (C=O) groups is 3. The maximum Gasteiger partial charge on any atom is 0.338 e. The van der Waals surface area contributed by atoms with Crippen molar-refractivity contribution in [2.75, 3.05) is 11.9 Å². The van der Waals surface area contributed by atoms with E-state index < -0.39 is 5.97 Å². The van der Waals surface area contributed by atoms with Gasteiger partial charge in [0, 0.05) is 21.8 Å². The molecule has 1 N–H and O–H groups in total. The number of hydrogen-bond acceptors (Lipinski definition) is 4. The van der Waals surface area contributed by atoms with Gasteiger partial charge in [0.1, 0.15) is 0 Å². The predicted molar refractivity (Wildman–Crippen MR) is 132 cm³/mol. The van der Waals surface area contributed by atoms with Crippen molar-refractivity contribution in [3.05, 3.63) is 125 Å². The second-order valence-electron chi connectivity index (χ2n) is 7.48. The van der Waals surface area contributed by atoms with Crippen LogP contribution in [-0.2, 0) is 4.74 Å². The second-order valence-corrected chi connectivity index (χ2v) is 7.92. The highest BCUT2D eigenvalue weighted by Gasteiger charge is 2.13. The smallest absolute Gasteiger partial charge is 0.338 e. The largest absolute Gasteiger partial charge is 0.454 e. The Labute approximate surface area is 202 Å². The number of carbonyl (C=O) groups excluding carboxylic acids is 3. The summed E-state index contributed by atoms with van der Waals surface area (Å²) in [5.74, 6) is -1.21. The topological polar surface area (TPSA) is 72.5 Å². The lowest BCUT2D eigenvalue weighted by molar-refractivity contribution is 0.0475. The van der Waals surface area contributed by atoms with Crippen molar-refractivity contribution in [3.8, 4) is 11.1 Å². The van der Waals surface area contributed by atoms with Crippen molar-refractivity contribution in [3.63, 3.8) is 0 Å². The van der Waals surface area contributed by atoms with Gasteiger partial charge in [-0.15, -0.1) is 0 Å². The number of halogens is 1. The molecule has 0 bridgehead atoms. The highest BCUT2D eigenvalue weighted by molar-refractivity contribution is 6.30. The van der Waals surface area contributed by atoms with Crippen molar-refractivity contribution in [2.24, 2.45) is 0 Å². The summed E-state index contributed by atoms with van der Waals surface area (Å²) in [5.41, 5.74) is 3.77. The molecular formula is C28H20ClNO4. The lowest BCUT2D eigenvalue weighted by atomic mass is 10.0. The van der Waals surface area contributed by atoms with Gasteiger partial charge in [0.15, 0.2) is 12.4 Å². The first kappa shape index (κ1) is 23.0. The Hall–Kier alpha value is -4.22. The second kappa shape index (κ2) is 10.6. The zero-order valence-electron chi connectivity index (χ0n) is 18.0. The molecule has 0 aliphatic carbocycles. The molecule has 0 aromatic heterocycles. The van der Waals surface area contributed by atoms with Gasteiger partial charge in [-0.1, -0.05) is 66.2 Å². The molecule has 4 aromatic carbocycles. The van der Waals surface area contributed by atoms with Crippen LogP contribution in [0.5, 0.6) is 0 Å². The number of anilines is 1. The molecule has 0 unspecified atom stereocenters. The monoisotopic (exact) mass is 469 g/mol. The van der Waals surface area contributed by atoms with Crippen LogP contribution in [0.25, 0.3) is 11.1 Å². The predicted octanol–water partition coefficient (Wildman–Crippen LogP) is 6.30. The van der Waals surface area contributed by atoms with E-state index in [1.54, 1.807) is 48.5 Å². The maximum atomic E-state index is 12.4. The van der Waals surface area contributed by atoms with E-state index >= 15 is 0 Å². The molecular weight excluding hydrogens is 450 g/mol. The molecule has 34 heavy (non-hydrogen) atoms. The third-order valence-electron chi connectivity index (χ3n) is 5.13. The maximum absolute atomic E-state index is 12.4. The van der Waals surface area contributed by atoms with E-state index in [4.69, 9.17) is 16.3 Å². The fraction of sp³-hybridized carbons (Fsp3) is 0.0357. The van der Waals surface area contributed by atoms with Gasteiger partial charge in [0.25, 0.3) is 5.91 Å². The molecule has 4 rings (SSSR count). The van der Waals surface area contributed by atoms with Crippen LogP contribution in [0.2, 0.25) is 5.02 Å². The molecule has 0 aliphatic heterocycles. The average molecular weight is 470 g/mol. The van der Waals surface area contributed by atoms with Crippen LogP contribution in [0, 0.1) is 0 Å². The Morgan fingerprint density at radius 2 is 1.21 bits per heavy atom. The SMILES string of the molecule is O=C(COC(=O)c1ccc(NC(=O)c2ccc(Cl)cc2)cc1)c1ccc(-c2ccccc2)cc1. The summed E-state index contributed by atoms with van der Waals surface area (Å²) in [6.45, 7) is -0.363. The van der Waals surface area contributed by atoms with Crippen molar-refractivity contribution < 1.29 is 19.1 Å². The molecule has 1 amide bonds. The quantitative estimate of drug-likeness (QED) is 0.254. The minimum absolute atomic E-state index is 0.275. The summed E-state index contributed by atoms with van der Waals surface area (Å²) < 4.78 is 5.17. The van der Waals surface area contributed by atoms with Crippen LogP contribution in [0.3, 0.4) is 0 Å². The van der Waals surface area contributed by atoms with Gasteiger partial charge >= 0.3 is 5.97 Å². The van der Waals surface area contributed by atoms with Gasteiger partial charge in [-0.05, 0) is 59.7 Å². The average Bonchev–Trinajstić information content (AvgIpc) is 2.88. The number of Topliss-reactive ketones (excluding diaryl/α,β-unsaturated/α-hetero) is 1. The van der Waals surface area contributed by atoms with Gasteiger partial charge in [-0.25, -0.2) is 4.79 Å². The number of benzene rings is 4. The minimum Gasteiger partial charge on any atom is -0.454 e. The Bertz CT molecular complexity index is 1300. The standard InChI is InChI=1S/C28H20ClNO4/c29-24-14-10-22(11-15-24)27(32)30-25-16-12-23(13-17-25)28(33)34-18-26(31)21-8-6-20(7-9-21)19-4-2-1-3-5-19/h1-17H,18H2,(H,30,32). The van der Waals surface area contributed by atoms with Gasteiger partial charge in [0.05, 0.1) is 5.56 Å². The summed E-state index contributed by atoms with van der Waals surface area (Å²) in [4.78, 5) is 37.0. The minimum atomic E-state index is -0.621. The molecule has 0 saturated heterocycles. The Morgan fingerprint density at radius 3 is 1.85 bits per heavy atom. The number of ether oxygens (including phenoxy) is 1. The van der Waals surface area contributed by atoms with E-state index in [-0.39, 0.29) is 23.9 Å². The molecule has 4 aromatic rings. The Morgan fingerprint density at radius 1 is 0.647 bits per heavy atom. The van der Waals surface area contributed by atoms with E-state index in [1.165, 1.54) is 12.1 Å². The fourth-order valence-corrected chi connectivity index (χ4v) is 3.40. The molecule has 168 valence electrons. The normalized spacial score (nSPS) is 10.4. The zero-order valence-corrected chi connectivity index (χ0v) is 18.8. The zero-order chi connectivity index (χ0) is 23.9. The van der Waals surface area contributed by atoms with E-state index in [0.717, 1.165) is 11.1 Å². The van der Waals surface area contributed by atoms with Crippen LogP contribution in [0.15, 0.2) is 103 Å². The number of ketones is 1. The summed E-state index contributed by atoms with van der Waals surface area (Å²) in [6, 6.07) is 29.7. The molecule has 0 spiro atoms. The van der Waals surface area contributed by atoms with Gasteiger partial charge in [0.2, 0.25) is 0 Å². The first-order chi connectivity index (χ1) is 16.5. The molecule has 0 fully saturated rings. The van der Waals surface area contributed by atoms with Gasteiger partial charge < -0.3 is 10.1 Å². The van der Waals surface area contributed by atoms with Crippen LogP contribution in [0.4, 0.5) is 5.69 Å². The molecule has 0 atom stereocenters. The molecule has 6 heteroatoms. The van der Waals surface area contributed by atoms with Crippen LogP contribution in [0.1, 0.15) is 31.1 Å². The summed E-state index contributed by atoms with van der Waals surface area (Å²) in [5, 5.41) is 3.29. The van der Waals surface area contributed by atoms with Gasteiger partial charge in [-0.2, -0.15) is 0 Å². The summed E-state index contributed by atoms with van der Waals surface area (Å²) in [7, 11) is 0. The molecule has 5 nitrogen and oxygen atoms in total. The number of nitrogens with one attached hydrogen (secondary N) is 1. The van der Waals surface area contributed by atoms with Crippen LogP contribution in [-0.4, -0.2) is 24.3 Å². The molecule has 0 saturated carbocycles. The first-order valence-corrected chi connectivity index (χ1v) is 10.9.